The Morgan fingerprint density at radius 2 is 1.78 bits per heavy atom. The molecule has 0 aliphatic heterocycles. The fourth-order valence-electron chi connectivity index (χ4n) is 0.277. The van der Waals surface area contributed by atoms with Crippen LogP contribution in [0.1, 0.15) is 0 Å². The predicted molar refractivity (Wildman–Crippen MR) is 23.1 cm³/mol. The molecule has 0 spiro atoms. The third-order valence-corrected chi connectivity index (χ3v) is 0.517. The van der Waals surface area contributed by atoms with Gasteiger partial charge in [0.15, 0.2) is 0 Å². The van der Waals surface area contributed by atoms with Gasteiger partial charge < -0.3 is 29.8 Å². The van der Waals surface area contributed by atoms with Crippen molar-refractivity contribution in [2.45, 2.75) is 0 Å². The number of pyridine rings is 1. The van der Waals surface area contributed by atoms with Crippen molar-refractivity contribution in [1.82, 2.24) is 4.98 Å². The minimum atomic E-state index is 0. The predicted octanol–water partition coefficient (Wildman–Crippen LogP) is -5.11. The van der Waals surface area contributed by atoms with Crippen molar-refractivity contribution in [2.75, 3.05) is 0 Å². The molecule has 1 rings (SSSR count). The Balaban J connectivity index is -0.000000120. The monoisotopic (exact) mass is 204 g/mol. The molecule has 0 N–H and O–H groups in total. The summed E-state index contributed by atoms with van der Waals surface area (Å²) < 4.78 is 0. The van der Waals surface area contributed by atoms with Crippen molar-refractivity contribution in [1.29, 1.82) is 0 Å². The summed E-state index contributed by atoms with van der Waals surface area (Å²) in [6.07, 6.45) is 4.34. The average molecular weight is 205 g/mol. The molecule has 0 saturated carbocycles. The van der Waals surface area contributed by atoms with Gasteiger partial charge in [0.1, 0.15) is 0 Å². The van der Waals surface area contributed by atoms with Gasteiger partial charge in [-0.2, -0.15) is 18.2 Å². The summed E-state index contributed by atoms with van der Waals surface area (Å²) in [6.45, 7) is 0. The van der Waals surface area contributed by atoms with Crippen LogP contribution in [0.4, 0.5) is 0 Å². The Bertz CT molecular complexity index is 86.9. The van der Waals surface area contributed by atoms with Crippen LogP contribution in [0.5, 0.6) is 0 Å². The van der Waals surface area contributed by atoms with E-state index in [1.807, 2.05) is 12.1 Å². The number of nitrogens with zero attached hydrogens (tertiary/aromatic N) is 1. The van der Waals surface area contributed by atoms with Crippen molar-refractivity contribution < 1.29 is 41.9 Å². The standard InChI is InChI=1S/C5H4N.2ClH.Fe/c1-2-4-6-5-3-1;;;/h1-4H;2*1H;/q-1;;;+3/p-2. The van der Waals surface area contributed by atoms with Gasteiger partial charge in [0.05, 0.1) is 0 Å². The summed E-state index contributed by atoms with van der Waals surface area (Å²) in [5, 5.41) is 0. The van der Waals surface area contributed by atoms with Crippen LogP contribution in [0.2, 0.25) is 0 Å². The Labute approximate surface area is 77.6 Å². The first-order valence-corrected chi connectivity index (χ1v) is 1.77. The van der Waals surface area contributed by atoms with Gasteiger partial charge in [-0.3, -0.25) is 0 Å². The maximum Gasteiger partial charge on any atom is 3.00 e. The van der Waals surface area contributed by atoms with E-state index in [1.165, 1.54) is 0 Å². The number of aromatic nitrogens is 1. The smallest absolute Gasteiger partial charge is 1.00 e. The molecule has 1 nitrogen and oxygen atoms in total. The van der Waals surface area contributed by atoms with E-state index in [4.69, 9.17) is 0 Å². The molecule has 0 aliphatic carbocycles. The van der Waals surface area contributed by atoms with E-state index in [1.54, 1.807) is 12.3 Å². The first kappa shape index (κ1) is 16.1. The zero-order chi connectivity index (χ0) is 4.24. The van der Waals surface area contributed by atoms with E-state index in [9.17, 15) is 0 Å². The molecule has 9 heavy (non-hydrogen) atoms. The fraction of sp³-hybridized carbons (Fsp3) is 0. The van der Waals surface area contributed by atoms with E-state index in [2.05, 4.69) is 11.2 Å². The van der Waals surface area contributed by atoms with Gasteiger partial charge in [-0.05, 0) is 0 Å². The van der Waals surface area contributed by atoms with Gasteiger partial charge in [0, 0.05) is 0 Å². The minimum absolute atomic E-state index is 0. The number of halogens is 2. The SMILES string of the molecule is [Cl-].[Cl-].[Fe+3].[c-]1ccccn1. The minimum Gasteiger partial charge on any atom is -1.00 e. The van der Waals surface area contributed by atoms with E-state index < -0.39 is 0 Å². The van der Waals surface area contributed by atoms with Crippen molar-refractivity contribution >= 4 is 0 Å². The molecule has 0 saturated heterocycles. The third-order valence-electron chi connectivity index (χ3n) is 0.517. The number of hydrogen-bond acceptors (Lipinski definition) is 1. The number of hydrogen-bond donors (Lipinski definition) is 0. The summed E-state index contributed by atoms with van der Waals surface area (Å²) in [6, 6.07) is 5.50. The van der Waals surface area contributed by atoms with Crippen LogP contribution in [0.25, 0.3) is 0 Å². The first-order chi connectivity index (χ1) is 3.00. The second-order valence-electron chi connectivity index (χ2n) is 0.959. The van der Waals surface area contributed by atoms with Gasteiger partial charge in [-0.1, -0.05) is 12.4 Å². The van der Waals surface area contributed by atoms with E-state index in [0.717, 1.165) is 0 Å². The fourth-order valence-corrected chi connectivity index (χ4v) is 0.277. The molecular weight excluding hydrogens is 201 g/mol. The van der Waals surface area contributed by atoms with Crippen LogP contribution < -0.4 is 24.8 Å². The van der Waals surface area contributed by atoms with Crippen molar-refractivity contribution in [2.24, 2.45) is 0 Å². The Morgan fingerprint density at radius 3 is 1.89 bits per heavy atom. The molecular formula is C5H4Cl2FeN. The zero-order valence-electron chi connectivity index (χ0n) is 4.37. The molecule has 1 aromatic rings. The topological polar surface area (TPSA) is 12.9 Å². The van der Waals surface area contributed by atoms with Gasteiger partial charge in [-0.25, -0.2) is 0 Å². The summed E-state index contributed by atoms with van der Waals surface area (Å²) in [5.74, 6) is 0. The molecule has 1 radical (unpaired) electrons. The summed E-state index contributed by atoms with van der Waals surface area (Å²) in [5.41, 5.74) is 0. The van der Waals surface area contributed by atoms with Gasteiger partial charge >= 0.3 is 17.1 Å². The van der Waals surface area contributed by atoms with Crippen molar-refractivity contribution in [3.05, 3.63) is 30.6 Å². The van der Waals surface area contributed by atoms with Crippen molar-refractivity contribution in [3.63, 3.8) is 0 Å². The summed E-state index contributed by atoms with van der Waals surface area (Å²) in [7, 11) is 0. The second kappa shape index (κ2) is 11.1. The molecule has 0 bridgehead atoms. The molecule has 0 unspecified atom stereocenters. The van der Waals surface area contributed by atoms with Gasteiger partial charge in [0.2, 0.25) is 0 Å². The average Bonchev–Trinajstić information content (AvgIpc) is 1.72. The molecule has 0 fully saturated rings. The quantitative estimate of drug-likeness (QED) is 0.305. The molecule has 4 heteroatoms. The van der Waals surface area contributed by atoms with Crippen LogP contribution in [0.15, 0.2) is 24.4 Å². The van der Waals surface area contributed by atoms with Crippen LogP contribution in [-0.4, -0.2) is 4.98 Å². The maximum atomic E-state index is 3.66. The third kappa shape index (κ3) is 8.25. The van der Waals surface area contributed by atoms with E-state index in [0.29, 0.717) is 0 Å². The molecule has 0 aliphatic rings. The van der Waals surface area contributed by atoms with Crippen LogP contribution in [0, 0.1) is 6.20 Å². The Kier molecular flexibility index (Phi) is 19.9. The van der Waals surface area contributed by atoms with Crippen LogP contribution in [-0.2, 0) is 17.1 Å². The first-order valence-electron chi connectivity index (χ1n) is 1.77. The molecule has 1 aromatic heterocycles. The van der Waals surface area contributed by atoms with Gasteiger partial charge in [0.25, 0.3) is 0 Å². The van der Waals surface area contributed by atoms with Gasteiger partial charge in [-0.15, -0.1) is 0 Å². The Morgan fingerprint density at radius 1 is 1.11 bits per heavy atom. The van der Waals surface area contributed by atoms with E-state index in [-0.39, 0.29) is 41.9 Å². The normalized spacial score (nSPS) is 5.33. The Hall–Kier alpha value is 0.249. The molecule has 51 valence electrons. The second-order valence-corrected chi connectivity index (χ2v) is 0.959. The largest absolute Gasteiger partial charge is 3.00 e. The summed E-state index contributed by atoms with van der Waals surface area (Å²) in [4.78, 5) is 3.66. The molecule has 0 atom stereocenters. The molecule has 0 amide bonds. The maximum absolute atomic E-state index is 3.66. The van der Waals surface area contributed by atoms with E-state index >= 15 is 0 Å². The molecule has 0 aromatic carbocycles. The zero-order valence-corrected chi connectivity index (χ0v) is 6.98. The van der Waals surface area contributed by atoms with Crippen LogP contribution >= 0.6 is 0 Å². The van der Waals surface area contributed by atoms with Crippen molar-refractivity contribution in [3.8, 4) is 0 Å². The van der Waals surface area contributed by atoms with Crippen LogP contribution in [0.3, 0.4) is 0 Å². The summed E-state index contributed by atoms with van der Waals surface area (Å²) >= 11 is 0. The molecule has 1 heterocycles. The number of rotatable bonds is 0.